The van der Waals surface area contributed by atoms with Gasteiger partial charge in [-0.05, 0) is 41.3 Å². The lowest BCUT2D eigenvalue weighted by atomic mass is 9.94. The molecule has 0 amide bonds. The maximum Gasteiger partial charge on any atom is 0.158 e. The van der Waals surface area contributed by atoms with Crippen molar-refractivity contribution in [2.24, 2.45) is 0 Å². The Balaban J connectivity index is 2.15. The number of hydrogen-bond donors (Lipinski definition) is 2. The molecule has 0 unspecified atom stereocenters. The molecule has 0 atom stereocenters. The molecule has 3 aromatic rings. The van der Waals surface area contributed by atoms with Crippen LogP contribution in [0.4, 0.5) is 0 Å². The molecule has 104 valence electrons. The number of aromatic hydroxyl groups is 2. The lowest BCUT2D eigenvalue weighted by molar-refractivity contribution is 0.404. The standard InChI is InChI=1S/C19H16O2/c1-13-6-8-14(9-7-13)16-4-2-3-5-17(16)15-10-11-18(20)19(21)12-15/h2-12,20-21H,1H3. The molecule has 3 aromatic carbocycles. The Morgan fingerprint density at radius 3 is 1.81 bits per heavy atom. The molecule has 0 aromatic heterocycles. The number of rotatable bonds is 2. The van der Waals surface area contributed by atoms with Gasteiger partial charge in [0, 0.05) is 0 Å². The van der Waals surface area contributed by atoms with E-state index in [4.69, 9.17) is 0 Å². The molecule has 0 radical (unpaired) electrons. The van der Waals surface area contributed by atoms with E-state index in [1.807, 2.05) is 24.3 Å². The molecule has 0 heterocycles. The maximum absolute atomic E-state index is 9.71. The monoisotopic (exact) mass is 276 g/mol. The molecule has 0 aliphatic heterocycles. The summed E-state index contributed by atoms with van der Waals surface area (Å²) in [6.45, 7) is 2.06. The molecule has 0 saturated carbocycles. The summed E-state index contributed by atoms with van der Waals surface area (Å²) in [7, 11) is 0. The highest BCUT2D eigenvalue weighted by Gasteiger charge is 2.09. The molecule has 0 bridgehead atoms. The average molecular weight is 276 g/mol. The summed E-state index contributed by atoms with van der Waals surface area (Å²) in [5, 5.41) is 19.2. The van der Waals surface area contributed by atoms with Crippen LogP contribution in [0.15, 0.2) is 66.7 Å². The third kappa shape index (κ3) is 2.61. The van der Waals surface area contributed by atoms with Crippen molar-refractivity contribution in [1.29, 1.82) is 0 Å². The van der Waals surface area contributed by atoms with Crippen LogP contribution in [0, 0.1) is 6.92 Å². The predicted molar refractivity (Wildman–Crippen MR) is 85.4 cm³/mol. The molecule has 3 rings (SSSR count). The van der Waals surface area contributed by atoms with Crippen LogP contribution in [0.25, 0.3) is 22.3 Å². The van der Waals surface area contributed by atoms with Crippen LogP contribution in [0.3, 0.4) is 0 Å². The van der Waals surface area contributed by atoms with Crippen molar-refractivity contribution in [2.45, 2.75) is 6.92 Å². The molecule has 2 N–H and O–H groups in total. The summed E-state index contributed by atoms with van der Waals surface area (Å²) >= 11 is 0. The summed E-state index contributed by atoms with van der Waals surface area (Å²) in [5.74, 6) is -0.210. The van der Waals surface area contributed by atoms with Crippen LogP contribution in [0.5, 0.6) is 11.5 Å². The maximum atomic E-state index is 9.71. The van der Waals surface area contributed by atoms with Crippen molar-refractivity contribution >= 4 is 0 Å². The zero-order valence-corrected chi connectivity index (χ0v) is 11.7. The largest absolute Gasteiger partial charge is 0.504 e. The number of aryl methyl sites for hydroxylation is 1. The van der Waals surface area contributed by atoms with Crippen molar-refractivity contribution < 1.29 is 10.2 Å². The van der Waals surface area contributed by atoms with Crippen LogP contribution in [-0.4, -0.2) is 10.2 Å². The highest BCUT2D eigenvalue weighted by molar-refractivity contribution is 5.84. The fourth-order valence-corrected chi connectivity index (χ4v) is 2.41. The Morgan fingerprint density at radius 1 is 0.619 bits per heavy atom. The summed E-state index contributed by atoms with van der Waals surface area (Å²) in [6, 6.07) is 21.3. The normalized spacial score (nSPS) is 10.5. The Bertz CT molecular complexity index is 774. The molecular weight excluding hydrogens is 260 g/mol. The molecular formula is C19H16O2. The van der Waals surface area contributed by atoms with Crippen molar-refractivity contribution in [3.63, 3.8) is 0 Å². The Kier molecular flexibility index (Phi) is 3.36. The molecule has 0 aliphatic rings. The van der Waals surface area contributed by atoms with Gasteiger partial charge < -0.3 is 10.2 Å². The van der Waals surface area contributed by atoms with Crippen LogP contribution in [-0.2, 0) is 0 Å². The molecule has 0 aliphatic carbocycles. The van der Waals surface area contributed by atoms with E-state index in [1.54, 1.807) is 6.07 Å². The van der Waals surface area contributed by atoms with Crippen molar-refractivity contribution in [2.75, 3.05) is 0 Å². The van der Waals surface area contributed by atoms with E-state index in [0.717, 1.165) is 22.3 Å². The van der Waals surface area contributed by atoms with Gasteiger partial charge in [0.25, 0.3) is 0 Å². The van der Waals surface area contributed by atoms with Gasteiger partial charge in [-0.3, -0.25) is 0 Å². The van der Waals surface area contributed by atoms with Gasteiger partial charge >= 0.3 is 0 Å². The lowest BCUT2D eigenvalue weighted by Gasteiger charge is -2.11. The van der Waals surface area contributed by atoms with E-state index in [9.17, 15) is 10.2 Å². The van der Waals surface area contributed by atoms with E-state index < -0.39 is 0 Å². The van der Waals surface area contributed by atoms with Crippen molar-refractivity contribution in [3.8, 4) is 33.8 Å². The van der Waals surface area contributed by atoms with E-state index in [2.05, 4.69) is 37.3 Å². The Morgan fingerprint density at radius 2 is 1.19 bits per heavy atom. The third-order valence-electron chi connectivity index (χ3n) is 3.58. The number of benzene rings is 3. The summed E-state index contributed by atoms with van der Waals surface area (Å²) in [4.78, 5) is 0. The topological polar surface area (TPSA) is 40.5 Å². The van der Waals surface area contributed by atoms with Gasteiger partial charge in [0.05, 0.1) is 0 Å². The van der Waals surface area contributed by atoms with Gasteiger partial charge in [-0.15, -0.1) is 0 Å². The first-order valence-electron chi connectivity index (χ1n) is 6.83. The van der Waals surface area contributed by atoms with Crippen molar-refractivity contribution in [3.05, 3.63) is 72.3 Å². The molecule has 0 saturated heterocycles. The van der Waals surface area contributed by atoms with E-state index in [0.29, 0.717) is 0 Å². The third-order valence-corrected chi connectivity index (χ3v) is 3.58. The van der Waals surface area contributed by atoms with Gasteiger partial charge in [-0.1, -0.05) is 60.2 Å². The summed E-state index contributed by atoms with van der Waals surface area (Å²) in [5.41, 5.74) is 5.35. The van der Waals surface area contributed by atoms with Gasteiger partial charge in [-0.25, -0.2) is 0 Å². The van der Waals surface area contributed by atoms with Gasteiger partial charge in [0.1, 0.15) is 0 Å². The van der Waals surface area contributed by atoms with Crippen LogP contribution in [0.2, 0.25) is 0 Å². The van der Waals surface area contributed by atoms with E-state index >= 15 is 0 Å². The summed E-state index contributed by atoms with van der Waals surface area (Å²) < 4.78 is 0. The highest BCUT2D eigenvalue weighted by Crippen LogP contribution is 2.36. The molecule has 2 heteroatoms. The second kappa shape index (κ2) is 5.33. The molecule has 0 fully saturated rings. The first-order valence-corrected chi connectivity index (χ1v) is 6.83. The minimum absolute atomic E-state index is 0.105. The van der Waals surface area contributed by atoms with Crippen molar-refractivity contribution in [1.82, 2.24) is 0 Å². The van der Waals surface area contributed by atoms with Crippen LogP contribution in [0.1, 0.15) is 5.56 Å². The van der Waals surface area contributed by atoms with E-state index in [1.165, 1.54) is 11.6 Å². The zero-order chi connectivity index (χ0) is 14.8. The first-order chi connectivity index (χ1) is 10.1. The molecule has 21 heavy (non-hydrogen) atoms. The van der Waals surface area contributed by atoms with Crippen LogP contribution < -0.4 is 0 Å². The Hall–Kier alpha value is -2.74. The smallest absolute Gasteiger partial charge is 0.158 e. The van der Waals surface area contributed by atoms with Crippen LogP contribution >= 0.6 is 0 Å². The zero-order valence-electron chi connectivity index (χ0n) is 11.7. The lowest BCUT2D eigenvalue weighted by Crippen LogP contribution is -1.85. The van der Waals surface area contributed by atoms with Gasteiger partial charge in [0.2, 0.25) is 0 Å². The van der Waals surface area contributed by atoms with Gasteiger partial charge in [0.15, 0.2) is 11.5 Å². The minimum atomic E-state index is -0.105. The predicted octanol–water partition coefficient (Wildman–Crippen LogP) is 4.74. The second-order valence-corrected chi connectivity index (χ2v) is 5.12. The number of phenols is 2. The minimum Gasteiger partial charge on any atom is -0.504 e. The molecule has 0 spiro atoms. The fourth-order valence-electron chi connectivity index (χ4n) is 2.41. The number of phenolic OH excluding ortho intramolecular Hbond substituents is 2. The first kappa shape index (κ1) is 13.3. The quantitative estimate of drug-likeness (QED) is 0.664. The average Bonchev–Trinajstić information content (AvgIpc) is 2.51. The highest BCUT2D eigenvalue weighted by atomic mass is 16.3. The molecule has 2 nitrogen and oxygen atoms in total. The SMILES string of the molecule is Cc1ccc(-c2ccccc2-c2ccc(O)c(O)c2)cc1. The summed E-state index contributed by atoms with van der Waals surface area (Å²) in [6.07, 6.45) is 0. The van der Waals surface area contributed by atoms with Gasteiger partial charge in [-0.2, -0.15) is 0 Å². The van der Waals surface area contributed by atoms with E-state index in [-0.39, 0.29) is 11.5 Å². The Labute approximate surface area is 123 Å². The number of hydrogen-bond acceptors (Lipinski definition) is 2. The second-order valence-electron chi connectivity index (χ2n) is 5.12. The fraction of sp³-hybridized carbons (Fsp3) is 0.0526.